The molecule has 156 valence electrons. The van der Waals surface area contributed by atoms with Crippen molar-refractivity contribution >= 4 is 51.0 Å². The molecular formula is C25H21ClN2O3. The zero-order valence-electron chi connectivity index (χ0n) is 16.8. The van der Waals surface area contributed by atoms with E-state index in [0.717, 1.165) is 40.5 Å². The number of hydrogen-bond donors (Lipinski definition) is 1. The zero-order valence-corrected chi connectivity index (χ0v) is 17.6. The Morgan fingerprint density at radius 1 is 0.968 bits per heavy atom. The van der Waals surface area contributed by atoms with E-state index in [9.17, 15) is 9.59 Å². The summed E-state index contributed by atoms with van der Waals surface area (Å²) >= 11 is 5.92. The van der Waals surface area contributed by atoms with Crippen molar-refractivity contribution in [2.45, 2.75) is 12.8 Å². The van der Waals surface area contributed by atoms with Crippen molar-refractivity contribution in [3.05, 3.63) is 77.3 Å². The highest BCUT2D eigenvalue weighted by Gasteiger charge is 2.29. The van der Waals surface area contributed by atoms with Gasteiger partial charge in [0, 0.05) is 40.1 Å². The Labute approximate surface area is 184 Å². The van der Waals surface area contributed by atoms with Gasteiger partial charge in [0.2, 0.25) is 5.91 Å². The maximum Gasteiger partial charge on any atom is 0.253 e. The number of likely N-dealkylation sites (tertiary alicyclic amines) is 1. The van der Waals surface area contributed by atoms with Crippen LogP contribution in [0.25, 0.3) is 21.9 Å². The molecule has 5 rings (SSSR count). The number of piperidine rings is 1. The molecule has 3 aromatic carbocycles. The second-order valence-corrected chi connectivity index (χ2v) is 8.33. The number of amides is 2. The summed E-state index contributed by atoms with van der Waals surface area (Å²) in [4.78, 5) is 27.5. The molecule has 1 N–H and O–H groups in total. The molecule has 2 amide bonds. The standard InChI is InChI=1S/C25H21ClN2O3/c26-18-9-7-16(8-10-18)25(30)28-13-3-4-17(15-28)24(29)27-19-11-12-23-21(14-19)20-5-1-2-6-22(20)31-23/h1-2,5-12,14,17H,3-4,13,15H2,(H,27,29). The monoisotopic (exact) mass is 432 g/mol. The quantitative estimate of drug-likeness (QED) is 0.449. The average Bonchev–Trinajstić information content (AvgIpc) is 3.17. The van der Waals surface area contributed by atoms with Crippen LogP contribution in [0.15, 0.2) is 71.1 Å². The van der Waals surface area contributed by atoms with Gasteiger partial charge in [0.05, 0.1) is 5.92 Å². The van der Waals surface area contributed by atoms with Crippen molar-refractivity contribution in [1.82, 2.24) is 4.90 Å². The molecule has 0 saturated carbocycles. The summed E-state index contributed by atoms with van der Waals surface area (Å²) in [6.45, 7) is 1.06. The minimum Gasteiger partial charge on any atom is -0.456 e. The van der Waals surface area contributed by atoms with Crippen LogP contribution in [-0.2, 0) is 4.79 Å². The fraction of sp³-hybridized carbons (Fsp3) is 0.200. The summed E-state index contributed by atoms with van der Waals surface area (Å²) < 4.78 is 5.85. The minimum absolute atomic E-state index is 0.0687. The lowest BCUT2D eigenvalue weighted by atomic mass is 9.96. The Kier molecular flexibility index (Phi) is 5.12. The first-order valence-electron chi connectivity index (χ1n) is 10.4. The number of carbonyl (C=O) groups excluding carboxylic acids is 2. The maximum atomic E-state index is 13.0. The Morgan fingerprint density at radius 2 is 1.74 bits per heavy atom. The highest BCUT2D eigenvalue weighted by atomic mass is 35.5. The number of furan rings is 1. The van der Waals surface area contributed by atoms with Gasteiger partial charge < -0.3 is 14.6 Å². The second kappa shape index (κ2) is 8.08. The third-order valence-corrected chi connectivity index (χ3v) is 6.07. The van der Waals surface area contributed by atoms with Gasteiger partial charge in [-0.3, -0.25) is 9.59 Å². The van der Waals surface area contributed by atoms with Gasteiger partial charge in [-0.1, -0.05) is 29.8 Å². The molecule has 1 saturated heterocycles. The van der Waals surface area contributed by atoms with Crippen LogP contribution < -0.4 is 5.32 Å². The van der Waals surface area contributed by atoms with Crippen LogP contribution in [-0.4, -0.2) is 29.8 Å². The molecule has 5 nitrogen and oxygen atoms in total. The number of para-hydroxylation sites is 1. The molecular weight excluding hydrogens is 412 g/mol. The topological polar surface area (TPSA) is 62.6 Å². The summed E-state index contributed by atoms with van der Waals surface area (Å²) in [6, 6.07) is 20.4. The second-order valence-electron chi connectivity index (χ2n) is 7.90. The highest BCUT2D eigenvalue weighted by molar-refractivity contribution is 6.30. The first-order chi connectivity index (χ1) is 15.1. The zero-order chi connectivity index (χ0) is 21.4. The van der Waals surface area contributed by atoms with Crippen molar-refractivity contribution < 1.29 is 14.0 Å². The third-order valence-electron chi connectivity index (χ3n) is 5.81. The number of nitrogens with one attached hydrogen (secondary N) is 1. The van der Waals surface area contributed by atoms with Crippen molar-refractivity contribution in [2.24, 2.45) is 5.92 Å². The molecule has 1 aliphatic heterocycles. The van der Waals surface area contributed by atoms with Crippen LogP contribution >= 0.6 is 11.6 Å². The molecule has 0 aliphatic carbocycles. The van der Waals surface area contributed by atoms with E-state index < -0.39 is 0 Å². The van der Waals surface area contributed by atoms with Gasteiger partial charge in [0.15, 0.2) is 0 Å². The molecule has 0 spiro atoms. The van der Waals surface area contributed by atoms with Crippen LogP contribution in [0.5, 0.6) is 0 Å². The predicted octanol–water partition coefficient (Wildman–Crippen LogP) is 5.73. The summed E-state index contributed by atoms with van der Waals surface area (Å²) in [5, 5.41) is 5.61. The van der Waals surface area contributed by atoms with Gasteiger partial charge in [0.1, 0.15) is 11.2 Å². The van der Waals surface area contributed by atoms with E-state index in [2.05, 4.69) is 5.32 Å². The van der Waals surface area contributed by atoms with Gasteiger partial charge in [0.25, 0.3) is 5.91 Å². The number of carbonyl (C=O) groups is 2. The van der Waals surface area contributed by atoms with E-state index in [1.165, 1.54) is 0 Å². The smallest absolute Gasteiger partial charge is 0.253 e. The van der Waals surface area contributed by atoms with Crippen molar-refractivity contribution in [2.75, 3.05) is 18.4 Å². The number of anilines is 1. The van der Waals surface area contributed by atoms with E-state index in [-0.39, 0.29) is 17.7 Å². The summed E-state index contributed by atoms with van der Waals surface area (Å²) in [7, 11) is 0. The number of halogens is 1. The van der Waals surface area contributed by atoms with Crippen LogP contribution in [0, 0.1) is 5.92 Å². The van der Waals surface area contributed by atoms with Crippen molar-refractivity contribution in [3.63, 3.8) is 0 Å². The molecule has 1 fully saturated rings. The minimum atomic E-state index is -0.248. The molecule has 4 aromatic rings. The van der Waals surface area contributed by atoms with E-state index in [4.69, 9.17) is 16.0 Å². The molecule has 6 heteroatoms. The Balaban J connectivity index is 1.31. The molecule has 0 radical (unpaired) electrons. The van der Waals surface area contributed by atoms with Gasteiger partial charge in [-0.15, -0.1) is 0 Å². The number of fused-ring (bicyclic) bond motifs is 3. The Hall–Kier alpha value is -3.31. The summed E-state index contributed by atoms with van der Waals surface area (Å²) in [5.74, 6) is -0.386. The van der Waals surface area contributed by atoms with E-state index in [1.807, 2.05) is 42.5 Å². The average molecular weight is 433 g/mol. The molecule has 2 heterocycles. The molecule has 31 heavy (non-hydrogen) atoms. The normalized spacial score (nSPS) is 16.5. The van der Waals surface area contributed by atoms with E-state index >= 15 is 0 Å². The number of hydrogen-bond acceptors (Lipinski definition) is 3. The molecule has 1 atom stereocenters. The highest BCUT2D eigenvalue weighted by Crippen LogP contribution is 2.31. The molecule has 0 bridgehead atoms. The largest absolute Gasteiger partial charge is 0.456 e. The van der Waals surface area contributed by atoms with Gasteiger partial charge >= 0.3 is 0 Å². The van der Waals surface area contributed by atoms with Gasteiger partial charge in [-0.2, -0.15) is 0 Å². The van der Waals surface area contributed by atoms with Crippen LogP contribution in [0.1, 0.15) is 23.2 Å². The lowest BCUT2D eigenvalue weighted by Crippen LogP contribution is -2.43. The fourth-order valence-electron chi connectivity index (χ4n) is 4.20. The Bertz CT molecular complexity index is 1280. The maximum absolute atomic E-state index is 13.0. The Morgan fingerprint density at radius 3 is 2.58 bits per heavy atom. The SMILES string of the molecule is O=C(Nc1ccc2oc3ccccc3c2c1)C1CCCN(C(=O)c2ccc(Cl)cc2)C1. The lowest BCUT2D eigenvalue weighted by Gasteiger charge is -2.32. The fourth-order valence-corrected chi connectivity index (χ4v) is 4.32. The number of benzene rings is 3. The van der Waals surface area contributed by atoms with Crippen molar-refractivity contribution in [1.29, 1.82) is 0 Å². The summed E-state index contributed by atoms with van der Waals surface area (Å²) in [6.07, 6.45) is 1.55. The lowest BCUT2D eigenvalue weighted by molar-refractivity contribution is -0.121. The van der Waals surface area contributed by atoms with Crippen LogP contribution in [0.4, 0.5) is 5.69 Å². The first-order valence-corrected chi connectivity index (χ1v) is 10.7. The van der Waals surface area contributed by atoms with Crippen LogP contribution in [0.3, 0.4) is 0 Å². The van der Waals surface area contributed by atoms with E-state index in [0.29, 0.717) is 23.7 Å². The first kappa shape index (κ1) is 19.6. The van der Waals surface area contributed by atoms with E-state index in [1.54, 1.807) is 29.2 Å². The molecule has 1 aromatic heterocycles. The van der Waals surface area contributed by atoms with Gasteiger partial charge in [-0.05, 0) is 61.4 Å². The van der Waals surface area contributed by atoms with Gasteiger partial charge in [-0.25, -0.2) is 0 Å². The number of nitrogens with zero attached hydrogens (tertiary/aromatic N) is 1. The molecule has 1 unspecified atom stereocenters. The predicted molar refractivity (Wildman–Crippen MR) is 122 cm³/mol. The number of rotatable bonds is 3. The summed E-state index contributed by atoms with van der Waals surface area (Å²) in [5.41, 5.74) is 2.93. The molecule has 1 aliphatic rings. The third kappa shape index (κ3) is 3.89. The van der Waals surface area contributed by atoms with Crippen LogP contribution in [0.2, 0.25) is 5.02 Å². The van der Waals surface area contributed by atoms with Crippen molar-refractivity contribution in [3.8, 4) is 0 Å².